The van der Waals surface area contributed by atoms with E-state index in [-0.39, 0.29) is 18.2 Å². The van der Waals surface area contributed by atoms with Crippen molar-refractivity contribution in [3.8, 4) is 0 Å². The largest absolute Gasteiger partial charge is 0.340 e. The van der Waals surface area contributed by atoms with Crippen molar-refractivity contribution >= 4 is 23.9 Å². The molecule has 1 atom stereocenters. The van der Waals surface area contributed by atoms with Crippen molar-refractivity contribution < 1.29 is 14.4 Å². The van der Waals surface area contributed by atoms with E-state index in [2.05, 4.69) is 39.8 Å². The molecule has 0 aromatic heterocycles. The summed E-state index contributed by atoms with van der Waals surface area (Å²) in [5, 5.41) is 4.70. The van der Waals surface area contributed by atoms with Gasteiger partial charge in [-0.2, -0.15) is 0 Å². The van der Waals surface area contributed by atoms with Crippen LogP contribution < -0.4 is 10.6 Å². The van der Waals surface area contributed by atoms with E-state index in [4.69, 9.17) is 0 Å². The fourth-order valence-corrected chi connectivity index (χ4v) is 3.17. The Hall–Kier alpha value is -2.67. The zero-order valence-electron chi connectivity index (χ0n) is 14.7. The summed E-state index contributed by atoms with van der Waals surface area (Å²) in [4.78, 5) is 39.0. The van der Waals surface area contributed by atoms with E-state index < -0.39 is 12.1 Å². The molecule has 0 unspecified atom stereocenters. The number of rotatable bonds is 6. The van der Waals surface area contributed by atoms with Crippen LogP contribution in [0.4, 0.5) is 4.79 Å². The van der Waals surface area contributed by atoms with E-state index in [0.717, 1.165) is 19.6 Å². The molecule has 1 aromatic rings. The summed E-state index contributed by atoms with van der Waals surface area (Å²) >= 11 is 0. The Morgan fingerprint density at radius 3 is 2.50 bits per heavy atom. The third kappa shape index (κ3) is 4.92. The minimum absolute atomic E-state index is 0.0402. The summed E-state index contributed by atoms with van der Waals surface area (Å²) in [6.45, 7) is 3.94. The van der Waals surface area contributed by atoms with Crippen LogP contribution in [0.25, 0.3) is 6.08 Å². The van der Waals surface area contributed by atoms with E-state index in [1.807, 2.05) is 23.1 Å². The van der Waals surface area contributed by atoms with E-state index in [1.165, 1.54) is 5.56 Å². The Morgan fingerprint density at radius 2 is 1.85 bits per heavy atom. The molecule has 0 spiro atoms. The van der Waals surface area contributed by atoms with Crippen molar-refractivity contribution in [3.05, 3.63) is 42.0 Å². The summed E-state index contributed by atoms with van der Waals surface area (Å²) in [5.41, 5.74) is 1.18. The quantitative estimate of drug-likeness (QED) is 0.740. The summed E-state index contributed by atoms with van der Waals surface area (Å²) in [5.74, 6) is -0.309. The molecule has 3 rings (SSSR count). The molecule has 0 saturated carbocycles. The lowest BCUT2D eigenvalue weighted by Gasteiger charge is -2.34. The van der Waals surface area contributed by atoms with Crippen LogP contribution in [0.3, 0.4) is 0 Å². The van der Waals surface area contributed by atoms with Crippen LogP contribution in [-0.4, -0.2) is 66.4 Å². The molecule has 2 aliphatic rings. The second-order valence-electron chi connectivity index (χ2n) is 6.55. The molecule has 2 heterocycles. The Morgan fingerprint density at radius 1 is 1.12 bits per heavy atom. The molecular formula is C19H24N4O3. The fraction of sp³-hybridized carbons (Fsp3) is 0.421. The number of hydrogen-bond donors (Lipinski definition) is 2. The maximum absolute atomic E-state index is 12.3. The van der Waals surface area contributed by atoms with Crippen LogP contribution >= 0.6 is 0 Å². The summed E-state index contributed by atoms with van der Waals surface area (Å²) in [6, 6.07) is 9.11. The molecule has 1 aromatic carbocycles. The highest BCUT2D eigenvalue weighted by molar-refractivity contribution is 6.04. The normalized spacial score (nSPS) is 21.1. The van der Waals surface area contributed by atoms with Gasteiger partial charge in [-0.1, -0.05) is 42.5 Å². The van der Waals surface area contributed by atoms with Crippen molar-refractivity contribution in [2.45, 2.75) is 18.9 Å². The minimum atomic E-state index is -0.587. The van der Waals surface area contributed by atoms with E-state index in [0.29, 0.717) is 19.5 Å². The number of urea groups is 1. The lowest BCUT2D eigenvalue weighted by Crippen LogP contribution is -2.48. The van der Waals surface area contributed by atoms with Crippen LogP contribution in [0, 0.1) is 0 Å². The van der Waals surface area contributed by atoms with Crippen molar-refractivity contribution in [1.29, 1.82) is 0 Å². The molecule has 2 aliphatic heterocycles. The minimum Gasteiger partial charge on any atom is -0.340 e. The van der Waals surface area contributed by atoms with E-state index in [9.17, 15) is 14.4 Å². The first-order valence-corrected chi connectivity index (χ1v) is 8.95. The summed E-state index contributed by atoms with van der Waals surface area (Å²) in [6.07, 6.45) is 4.87. The van der Waals surface area contributed by atoms with Gasteiger partial charge >= 0.3 is 6.03 Å². The van der Waals surface area contributed by atoms with Gasteiger partial charge in [0, 0.05) is 39.1 Å². The number of imide groups is 1. The summed E-state index contributed by atoms with van der Waals surface area (Å²) in [7, 11) is 0. The Labute approximate surface area is 153 Å². The number of nitrogens with one attached hydrogen (secondary N) is 2. The van der Waals surface area contributed by atoms with Gasteiger partial charge in [0.2, 0.25) is 5.91 Å². The van der Waals surface area contributed by atoms with Gasteiger partial charge in [0.15, 0.2) is 0 Å². The number of piperazine rings is 1. The second kappa shape index (κ2) is 8.62. The van der Waals surface area contributed by atoms with Crippen LogP contribution in [0.2, 0.25) is 0 Å². The Kier molecular flexibility index (Phi) is 6.01. The highest BCUT2D eigenvalue weighted by Gasteiger charge is 2.30. The van der Waals surface area contributed by atoms with Gasteiger partial charge in [0.1, 0.15) is 6.04 Å². The summed E-state index contributed by atoms with van der Waals surface area (Å²) < 4.78 is 0. The first-order chi connectivity index (χ1) is 12.6. The average molecular weight is 356 g/mol. The monoisotopic (exact) mass is 356 g/mol. The van der Waals surface area contributed by atoms with Gasteiger partial charge < -0.3 is 10.2 Å². The zero-order chi connectivity index (χ0) is 18.4. The lowest BCUT2D eigenvalue weighted by molar-refractivity contribution is -0.133. The highest BCUT2D eigenvalue weighted by atomic mass is 16.2. The molecule has 0 radical (unpaired) electrons. The predicted molar refractivity (Wildman–Crippen MR) is 98.2 cm³/mol. The zero-order valence-corrected chi connectivity index (χ0v) is 14.7. The van der Waals surface area contributed by atoms with Crippen molar-refractivity contribution in [3.63, 3.8) is 0 Å². The van der Waals surface area contributed by atoms with Crippen LogP contribution in [-0.2, 0) is 9.59 Å². The molecule has 7 heteroatoms. The van der Waals surface area contributed by atoms with Gasteiger partial charge in [-0.05, 0) is 12.0 Å². The second-order valence-corrected chi connectivity index (χ2v) is 6.55. The van der Waals surface area contributed by atoms with Gasteiger partial charge in [-0.3, -0.25) is 19.8 Å². The van der Waals surface area contributed by atoms with Crippen molar-refractivity contribution in [1.82, 2.24) is 20.4 Å². The standard InChI is InChI=1S/C19H24N4O3/c24-17(9-8-16-18(25)21-19(26)20-16)23-13-11-22(12-14-23)10-4-7-15-5-2-1-3-6-15/h1-7,16H,8-14H2,(H2,20,21,25,26)/b7-4+/t16-/m1/s1. The van der Waals surface area contributed by atoms with Gasteiger partial charge in [-0.25, -0.2) is 4.79 Å². The van der Waals surface area contributed by atoms with Crippen LogP contribution in [0.1, 0.15) is 18.4 Å². The maximum atomic E-state index is 12.3. The van der Waals surface area contributed by atoms with Gasteiger partial charge in [0.05, 0.1) is 0 Å². The number of nitrogens with zero attached hydrogens (tertiary/aromatic N) is 2. The van der Waals surface area contributed by atoms with E-state index >= 15 is 0 Å². The number of carbonyl (C=O) groups excluding carboxylic acids is 3. The first-order valence-electron chi connectivity index (χ1n) is 8.95. The molecule has 7 nitrogen and oxygen atoms in total. The molecule has 0 aliphatic carbocycles. The molecule has 2 saturated heterocycles. The maximum Gasteiger partial charge on any atom is 0.322 e. The molecule has 4 amide bonds. The molecule has 138 valence electrons. The third-order valence-electron chi connectivity index (χ3n) is 4.70. The van der Waals surface area contributed by atoms with Crippen molar-refractivity contribution in [2.75, 3.05) is 32.7 Å². The smallest absolute Gasteiger partial charge is 0.322 e. The molecule has 2 fully saturated rings. The van der Waals surface area contributed by atoms with Gasteiger partial charge in [-0.15, -0.1) is 0 Å². The van der Waals surface area contributed by atoms with Crippen molar-refractivity contribution in [2.24, 2.45) is 0 Å². The Balaban J connectivity index is 1.36. The first kappa shape index (κ1) is 18.1. The number of amides is 4. The van der Waals surface area contributed by atoms with Crippen LogP contribution in [0.15, 0.2) is 36.4 Å². The number of carbonyl (C=O) groups is 3. The molecule has 26 heavy (non-hydrogen) atoms. The number of benzene rings is 1. The van der Waals surface area contributed by atoms with Gasteiger partial charge in [0.25, 0.3) is 5.91 Å². The van der Waals surface area contributed by atoms with E-state index in [1.54, 1.807) is 0 Å². The topological polar surface area (TPSA) is 81.8 Å². The van der Waals surface area contributed by atoms with Crippen LogP contribution in [0.5, 0.6) is 0 Å². The SMILES string of the molecule is O=C1NC(=O)[C@@H](CCC(=O)N2CCN(C/C=C/c3ccccc3)CC2)N1. The predicted octanol–water partition coefficient (Wildman–Crippen LogP) is 0.832. The molecular weight excluding hydrogens is 332 g/mol. The average Bonchev–Trinajstić information content (AvgIpc) is 2.98. The number of hydrogen-bond acceptors (Lipinski definition) is 4. The lowest BCUT2D eigenvalue weighted by atomic mass is 10.1. The molecule has 2 N–H and O–H groups in total. The highest BCUT2D eigenvalue weighted by Crippen LogP contribution is 2.09. The fourth-order valence-electron chi connectivity index (χ4n) is 3.17. The molecule has 0 bridgehead atoms. The third-order valence-corrected chi connectivity index (χ3v) is 4.70. The Bertz CT molecular complexity index is 681.